The van der Waals surface area contributed by atoms with E-state index in [9.17, 15) is 4.79 Å². The first kappa shape index (κ1) is 13.6. The summed E-state index contributed by atoms with van der Waals surface area (Å²) in [5.41, 5.74) is 8.23. The summed E-state index contributed by atoms with van der Waals surface area (Å²) in [5.74, 6) is 0.189. The number of benzene rings is 1. The van der Waals surface area contributed by atoms with Gasteiger partial charge in [-0.05, 0) is 37.3 Å². The summed E-state index contributed by atoms with van der Waals surface area (Å²) in [5, 5.41) is 3.68. The van der Waals surface area contributed by atoms with Crippen LogP contribution in [-0.2, 0) is 4.79 Å². The second kappa shape index (κ2) is 5.54. The van der Waals surface area contributed by atoms with Gasteiger partial charge in [0, 0.05) is 37.3 Å². The predicted octanol–water partition coefficient (Wildman–Crippen LogP) is 1.95. The van der Waals surface area contributed by atoms with Gasteiger partial charge in [-0.25, -0.2) is 0 Å². The summed E-state index contributed by atoms with van der Waals surface area (Å²) in [6.45, 7) is 0. The Morgan fingerprint density at radius 2 is 1.90 bits per heavy atom. The van der Waals surface area contributed by atoms with Crippen LogP contribution >= 0.6 is 0 Å². The zero-order valence-corrected chi connectivity index (χ0v) is 12.0. The number of amides is 1. The molecule has 1 aromatic carbocycles. The van der Waals surface area contributed by atoms with E-state index in [1.807, 2.05) is 25.2 Å². The first-order valence-corrected chi connectivity index (χ1v) is 7.52. The lowest BCUT2D eigenvalue weighted by Crippen LogP contribution is -2.43. The van der Waals surface area contributed by atoms with Crippen molar-refractivity contribution in [3.8, 4) is 0 Å². The minimum atomic E-state index is 0.147. The summed E-state index contributed by atoms with van der Waals surface area (Å²) >= 11 is 0. The third kappa shape index (κ3) is 2.58. The SMILES string of the molecule is CN1C(=O)CC(NC2CCC(N)CC2)c2ccccc21. The van der Waals surface area contributed by atoms with Crippen molar-refractivity contribution in [1.29, 1.82) is 0 Å². The van der Waals surface area contributed by atoms with E-state index in [1.54, 1.807) is 4.90 Å². The number of carbonyl (C=O) groups is 1. The van der Waals surface area contributed by atoms with E-state index in [0.717, 1.165) is 31.4 Å². The molecule has 1 amide bonds. The highest BCUT2D eigenvalue weighted by Crippen LogP contribution is 2.34. The molecule has 20 heavy (non-hydrogen) atoms. The summed E-state index contributed by atoms with van der Waals surface area (Å²) in [7, 11) is 1.86. The van der Waals surface area contributed by atoms with Crippen LogP contribution in [0.4, 0.5) is 5.69 Å². The standard InChI is InChI=1S/C16H23N3O/c1-19-15-5-3-2-4-13(15)14(10-16(19)20)18-12-8-6-11(17)7-9-12/h2-5,11-12,14,18H,6-10,17H2,1H3. The summed E-state index contributed by atoms with van der Waals surface area (Å²) in [6.07, 6.45) is 4.95. The van der Waals surface area contributed by atoms with Gasteiger partial charge >= 0.3 is 0 Å². The van der Waals surface area contributed by atoms with Gasteiger partial charge in [-0.2, -0.15) is 0 Å². The van der Waals surface area contributed by atoms with E-state index in [4.69, 9.17) is 5.73 Å². The third-order valence-corrected chi connectivity index (χ3v) is 4.64. The molecule has 1 aromatic rings. The molecule has 4 nitrogen and oxygen atoms in total. The zero-order chi connectivity index (χ0) is 14.1. The predicted molar refractivity (Wildman–Crippen MR) is 80.6 cm³/mol. The maximum Gasteiger partial charge on any atom is 0.228 e. The van der Waals surface area contributed by atoms with Crippen LogP contribution in [0.15, 0.2) is 24.3 Å². The van der Waals surface area contributed by atoms with Gasteiger partial charge < -0.3 is 16.0 Å². The number of nitrogens with one attached hydrogen (secondary N) is 1. The molecule has 1 aliphatic heterocycles. The molecule has 1 aliphatic carbocycles. The fraction of sp³-hybridized carbons (Fsp3) is 0.562. The number of rotatable bonds is 2. The molecular formula is C16H23N3O. The van der Waals surface area contributed by atoms with Crippen molar-refractivity contribution in [2.75, 3.05) is 11.9 Å². The molecule has 3 rings (SSSR count). The molecule has 108 valence electrons. The average molecular weight is 273 g/mol. The van der Waals surface area contributed by atoms with Crippen LogP contribution in [0.25, 0.3) is 0 Å². The second-order valence-corrected chi connectivity index (χ2v) is 6.05. The minimum Gasteiger partial charge on any atom is -0.328 e. The summed E-state index contributed by atoms with van der Waals surface area (Å²) < 4.78 is 0. The van der Waals surface area contributed by atoms with Gasteiger partial charge in [0.05, 0.1) is 0 Å². The number of fused-ring (bicyclic) bond motifs is 1. The maximum atomic E-state index is 12.1. The number of nitrogens with two attached hydrogens (primary N) is 1. The summed E-state index contributed by atoms with van der Waals surface area (Å²) in [4.78, 5) is 13.9. The topological polar surface area (TPSA) is 58.4 Å². The molecule has 1 heterocycles. The molecule has 1 atom stereocenters. The number of nitrogens with zero attached hydrogens (tertiary/aromatic N) is 1. The largest absolute Gasteiger partial charge is 0.328 e. The van der Waals surface area contributed by atoms with E-state index >= 15 is 0 Å². The van der Waals surface area contributed by atoms with Crippen LogP contribution in [0.3, 0.4) is 0 Å². The highest BCUT2D eigenvalue weighted by molar-refractivity contribution is 5.96. The Balaban J connectivity index is 1.77. The van der Waals surface area contributed by atoms with Gasteiger partial charge in [0.1, 0.15) is 0 Å². The number of hydrogen-bond acceptors (Lipinski definition) is 3. The number of anilines is 1. The smallest absolute Gasteiger partial charge is 0.228 e. The lowest BCUT2D eigenvalue weighted by atomic mass is 9.89. The van der Waals surface area contributed by atoms with Crippen molar-refractivity contribution in [3.05, 3.63) is 29.8 Å². The van der Waals surface area contributed by atoms with Crippen LogP contribution in [-0.4, -0.2) is 25.0 Å². The monoisotopic (exact) mass is 273 g/mol. The molecule has 0 spiro atoms. The molecule has 4 heteroatoms. The molecule has 2 aliphatic rings. The first-order valence-electron chi connectivity index (χ1n) is 7.52. The molecule has 1 fully saturated rings. The lowest BCUT2D eigenvalue weighted by Gasteiger charge is -2.36. The van der Waals surface area contributed by atoms with Crippen molar-refractivity contribution < 1.29 is 4.79 Å². The minimum absolute atomic E-state index is 0.147. The van der Waals surface area contributed by atoms with Crippen LogP contribution in [0, 0.1) is 0 Å². The van der Waals surface area contributed by atoms with Gasteiger partial charge in [0.25, 0.3) is 0 Å². The van der Waals surface area contributed by atoms with E-state index in [-0.39, 0.29) is 11.9 Å². The molecule has 0 saturated heterocycles. The molecule has 0 radical (unpaired) electrons. The fourth-order valence-electron chi connectivity index (χ4n) is 3.36. The maximum absolute atomic E-state index is 12.1. The van der Waals surface area contributed by atoms with E-state index < -0.39 is 0 Å². The van der Waals surface area contributed by atoms with E-state index in [1.165, 1.54) is 5.56 Å². The van der Waals surface area contributed by atoms with Gasteiger partial charge in [0.2, 0.25) is 5.91 Å². The quantitative estimate of drug-likeness (QED) is 0.866. The van der Waals surface area contributed by atoms with Crippen LogP contribution in [0.5, 0.6) is 0 Å². The Hall–Kier alpha value is -1.39. The van der Waals surface area contributed by atoms with E-state index in [0.29, 0.717) is 18.5 Å². The number of carbonyl (C=O) groups excluding carboxylic acids is 1. The normalized spacial score (nSPS) is 30.2. The third-order valence-electron chi connectivity index (χ3n) is 4.64. The molecule has 1 saturated carbocycles. The average Bonchev–Trinajstić information content (AvgIpc) is 2.47. The fourth-order valence-corrected chi connectivity index (χ4v) is 3.36. The Labute approximate surface area is 120 Å². The molecular weight excluding hydrogens is 250 g/mol. The summed E-state index contributed by atoms with van der Waals surface area (Å²) in [6, 6.07) is 9.19. The van der Waals surface area contributed by atoms with Crippen molar-refractivity contribution in [2.24, 2.45) is 5.73 Å². The Bertz CT molecular complexity index is 494. The van der Waals surface area contributed by atoms with Gasteiger partial charge in [-0.15, -0.1) is 0 Å². The number of hydrogen-bond donors (Lipinski definition) is 2. The molecule has 0 aromatic heterocycles. The van der Waals surface area contributed by atoms with Gasteiger partial charge in [-0.1, -0.05) is 18.2 Å². The molecule has 0 bridgehead atoms. The van der Waals surface area contributed by atoms with Crippen LogP contribution < -0.4 is 16.0 Å². The lowest BCUT2D eigenvalue weighted by molar-refractivity contribution is -0.119. The first-order chi connectivity index (χ1) is 9.65. The van der Waals surface area contributed by atoms with Crippen molar-refractivity contribution >= 4 is 11.6 Å². The van der Waals surface area contributed by atoms with Gasteiger partial charge in [0.15, 0.2) is 0 Å². The van der Waals surface area contributed by atoms with Crippen molar-refractivity contribution in [2.45, 2.75) is 50.2 Å². The van der Waals surface area contributed by atoms with Gasteiger partial charge in [-0.3, -0.25) is 4.79 Å². The highest BCUT2D eigenvalue weighted by atomic mass is 16.2. The Kier molecular flexibility index (Phi) is 3.76. The molecule has 1 unspecified atom stereocenters. The van der Waals surface area contributed by atoms with Crippen LogP contribution in [0.1, 0.15) is 43.7 Å². The Morgan fingerprint density at radius 1 is 1.20 bits per heavy atom. The second-order valence-electron chi connectivity index (χ2n) is 6.05. The van der Waals surface area contributed by atoms with Crippen molar-refractivity contribution in [1.82, 2.24) is 5.32 Å². The van der Waals surface area contributed by atoms with Crippen molar-refractivity contribution in [3.63, 3.8) is 0 Å². The molecule has 3 N–H and O–H groups in total. The number of para-hydroxylation sites is 1. The van der Waals surface area contributed by atoms with Crippen LogP contribution in [0.2, 0.25) is 0 Å². The highest BCUT2D eigenvalue weighted by Gasteiger charge is 2.31. The zero-order valence-electron chi connectivity index (χ0n) is 12.0. The van der Waals surface area contributed by atoms with E-state index in [2.05, 4.69) is 11.4 Å². The Morgan fingerprint density at radius 3 is 2.65 bits per heavy atom.